The highest BCUT2D eigenvalue weighted by molar-refractivity contribution is 9.10. The quantitative estimate of drug-likeness (QED) is 0.598. The largest absolute Gasteiger partial charge is 0.465 e. The molecule has 3 aromatic rings. The molecule has 0 spiro atoms. The molecular weight excluding hydrogens is 456 g/mol. The maximum absolute atomic E-state index is 12.5. The van der Waals surface area contributed by atoms with Gasteiger partial charge in [-0.25, -0.2) is 14.5 Å². The number of halogens is 1. The first kappa shape index (κ1) is 20.0. The van der Waals surface area contributed by atoms with E-state index in [1.54, 1.807) is 36.5 Å². The van der Waals surface area contributed by atoms with Crippen LogP contribution >= 0.6 is 15.9 Å². The smallest absolute Gasteiger partial charge is 0.407 e. The lowest BCUT2D eigenvalue weighted by molar-refractivity contribution is -0.0231. The van der Waals surface area contributed by atoms with E-state index in [0.717, 1.165) is 10.0 Å². The van der Waals surface area contributed by atoms with Gasteiger partial charge in [0.25, 0.3) is 5.91 Å². The molecule has 4 rings (SSSR count). The summed E-state index contributed by atoms with van der Waals surface area (Å²) < 4.78 is 7.92. The highest BCUT2D eigenvalue weighted by Gasteiger charge is 2.25. The van der Waals surface area contributed by atoms with Crippen LogP contribution in [0.5, 0.6) is 0 Å². The van der Waals surface area contributed by atoms with Crippen molar-refractivity contribution in [2.45, 2.75) is 6.10 Å². The number of hydrogen-bond donors (Lipinski definition) is 2. The molecule has 3 heterocycles. The molecule has 1 atom stereocenters. The van der Waals surface area contributed by atoms with Gasteiger partial charge in [-0.15, -0.1) is 5.10 Å². The van der Waals surface area contributed by atoms with Crippen LogP contribution in [-0.4, -0.2) is 61.7 Å². The van der Waals surface area contributed by atoms with Crippen molar-refractivity contribution in [1.82, 2.24) is 24.9 Å². The first-order valence-corrected chi connectivity index (χ1v) is 9.84. The molecule has 2 amide bonds. The number of morpholine rings is 1. The van der Waals surface area contributed by atoms with E-state index in [9.17, 15) is 9.59 Å². The predicted octanol–water partition coefficient (Wildman–Crippen LogP) is 2.73. The topological polar surface area (TPSA) is 122 Å². The minimum Gasteiger partial charge on any atom is -0.465 e. The van der Waals surface area contributed by atoms with Crippen molar-refractivity contribution in [3.63, 3.8) is 0 Å². The van der Waals surface area contributed by atoms with Crippen molar-refractivity contribution in [2.24, 2.45) is 0 Å². The fraction of sp³-hybridized carbons (Fsp3) is 0.211. The van der Waals surface area contributed by atoms with Gasteiger partial charge in [-0.3, -0.25) is 4.79 Å². The maximum atomic E-state index is 12.5. The number of nitrogens with zero attached hydrogens (tertiary/aromatic N) is 5. The molecule has 1 aliphatic heterocycles. The first-order chi connectivity index (χ1) is 14.5. The molecule has 1 aromatic carbocycles. The number of hydrogen-bond acceptors (Lipinski definition) is 6. The van der Waals surface area contributed by atoms with E-state index in [4.69, 9.17) is 9.84 Å². The molecule has 1 unspecified atom stereocenters. The number of carbonyl (C=O) groups is 2. The van der Waals surface area contributed by atoms with E-state index in [0.29, 0.717) is 24.7 Å². The molecule has 2 aromatic heterocycles. The van der Waals surface area contributed by atoms with Crippen LogP contribution in [0.15, 0.2) is 53.3 Å². The average molecular weight is 473 g/mol. The Kier molecular flexibility index (Phi) is 5.72. The third-order valence-corrected chi connectivity index (χ3v) is 5.02. The van der Waals surface area contributed by atoms with Gasteiger partial charge in [-0.1, -0.05) is 17.3 Å². The number of anilines is 1. The summed E-state index contributed by atoms with van der Waals surface area (Å²) in [5.41, 5.74) is 1.56. The maximum Gasteiger partial charge on any atom is 0.407 e. The van der Waals surface area contributed by atoms with Gasteiger partial charge in [-0.2, -0.15) is 0 Å². The molecule has 0 saturated carbocycles. The zero-order valence-electron chi connectivity index (χ0n) is 15.6. The number of ether oxygens (including phenoxy) is 1. The Bertz CT molecular complexity index is 1050. The van der Waals surface area contributed by atoms with Crippen molar-refractivity contribution >= 4 is 33.6 Å². The van der Waals surface area contributed by atoms with Crippen LogP contribution in [0.3, 0.4) is 0 Å². The van der Waals surface area contributed by atoms with E-state index in [-0.39, 0.29) is 18.3 Å². The number of amides is 2. The molecule has 11 heteroatoms. The number of nitrogens with one attached hydrogen (secondary N) is 1. The number of pyridine rings is 1. The summed E-state index contributed by atoms with van der Waals surface area (Å²) in [7, 11) is 0. The Morgan fingerprint density at radius 2 is 2.00 bits per heavy atom. The van der Waals surface area contributed by atoms with Crippen molar-refractivity contribution in [1.29, 1.82) is 0 Å². The van der Waals surface area contributed by atoms with Crippen molar-refractivity contribution in [3.8, 4) is 5.82 Å². The average Bonchev–Trinajstić information content (AvgIpc) is 3.25. The van der Waals surface area contributed by atoms with Crippen LogP contribution in [0, 0.1) is 0 Å². The van der Waals surface area contributed by atoms with Gasteiger partial charge >= 0.3 is 6.09 Å². The monoisotopic (exact) mass is 472 g/mol. The number of benzene rings is 1. The van der Waals surface area contributed by atoms with Crippen molar-refractivity contribution in [3.05, 3.63) is 64.5 Å². The summed E-state index contributed by atoms with van der Waals surface area (Å²) in [6.07, 6.45) is 1.83. The van der Waals surface area contributed by atoms with E-state index in [2.05, 4.69) is 36.5 Å². The van der Waals surface area contributed by atoms with Crippen LogP contribution in [0.1, 0.15) is 22.2 Å². The highest BCUT2D eigenvalue weighted by Crippen LogP contribution is 2.24. The Morgan fingerprint density at radius 1 is 1.20 bits per heavy atom. The highest BCUT2D eigenvalue weighted by atomic mass is 79.9. The molecule has 1 saturated heterocycles. The molecule has 0 bridgehead atoms. The Balaban J connectivity index is 1.40. The van der Waals surface area contributed by atoms with Gasteiger partial charge in [0.2, 0.25) is 0 Å². The van der Waals surface area contributed by atoms with E-state index in [1.807, 2.05) is 6.07 Å². The molecule has 1 aliphatic rings. The minimum atomic E-state index is -0.960. The van der Waals surface area contributed by atoms with Gasteiger partial charge in [-0.05, 0) is 45.8 Å². The number of aromatic nitrogens is 4. The summed E-state index contributed by atoms with van der Waals surface area (Å²) in [6, 6.07) is 10.6. The minimum absolute atomic E-state index is 0.150. The van der Waals surface area contributed by atoms with E-state index in [1.165, 1.54) is 15.8 Å². The fourth-order valence-electron chi connectivity index (χ4n) is 2.98. The third kappa shape index (κ3) is 4.47. The number of carboxylic acid groups (broad SMARTS) is 1. The molecule has 30 heavy (non-hydrogen) atoms. The summed E-state index contributed by atoms with van der Waals surface area (Å²) in [4.78, 5) is 29.2. The molecular formula is C19H17BrN6O4. The van der Waals surface area contributed by atoms with Gasteiger partial charge in [0.15, 0.2) is 11.5 Å². The number of carbonyl (C=O) groups excluding carboxylic acids is 1. The van der Waals surface area contributed by atoms with Crippen LogP contribution in [-0.2, 0) is 4.74 Å². The second kappa shape index (κ2) is 8.59. The zero-order chi connectivity index (χ0) is 21.1. The van der Waals surface area contributed by atoms with E-state index >= 15 is 0 Å². The Morgan fingerprint density at radius 3 is 2.70 bits per heavy atom. The zero-order valence-corrected chi connectivity index (χ0v) is 17.2. The summed E-state index contributed by atoms with van der Waals surface area (Å²) in [5.74, 6) is 0.133. The second-order valence-corrected chi connectivity index (χ2v) is 7.46. The molecule has 10 nitrogen and oxygen atoms in total. The van der Waals surface area contributed by atoms with Crippen LogP contribution in [0.2, 0.25) is 0 Å². The van der Waals surface area contributed by atoms with Gasteiger partial charge < -0.3 is 20.1 Å². The Labute approximate surface area is 179 Å². The lowest BCUT2D eigenvalue weighted by Crippen LogP contribution is -2.41. The normalized spacial score (nSPS) is 16.3. The molecule has 1 fully saturated rings. The molecule has 0 radical (unpaired) electrons. The fourth-order valence-corrected chi connectivity index (χ4v) is 3.22. The summed E-state index contributed by atoms with van der Waals surface area (Å²) >= 11 is 3.31. The first-order valence-electron chi connectivity index (χ1n) is 9.04. The van der Waals surface area contributed by atoms with Crippen LogP contribution in [0.4, 0.5) is 10.5 Å². The summed E-state index contributed by atoms with van der Waals surface area (Å²) in [5, 5.41) is 19.7. The molecule has 2 N–H and O–H groups in total. The van der Waals surface area contributed by atoms with Crippen LogP contribution in [0.25, 0.3) is 5.82 Å². The lowest BCUT2D eigenvalue weighted by atomic mass is 10.1. The standard InChI is InChI=1S/C19H17BrN6O4/c20-13-3-6-17(21-9-13)26-10-15(23-24-26)18(27)22-14-4-1-12(2-5-14)16-11-25(19(28)29)7-8-30-16/h1-6,9-10,16H,7-8,11H2,(H,22,27)(H,28,29). The number of rotatable bonds is 4. The third-order valence-electron chi connectivity index (χ3n) is 4.55. The van der Waals surface area contributed by atoms with Crippen molar-refractivity contribution < 1.29 is 19.4 Å². The van der Waals surface area contributed by atoms with Crippen molar-refractivity contribution in [2.75, 3.05) is 25.0 Å². The summed E-state index contributed by atoms with van der Waals surface area (Å²) in [6.45, 7) is 0.975. The SMILES string of the molecule is O=C(Nc1ccc(C2CN(C(=O)O)CCO2)cc1)c1cn(-c2ccc(Br)cn2)nn1. The molecule has 0 aliphatic carbocycles. The lowest BCUT2D eigenvalue weighted by Gasteiger charge is -2.31. The van der Waals surface area contributed by atoms with Crippen LogP contribution < -0.4 is 5.32 Å². The predicted molar refractivity (Wildman–Crippen MR) is 110 cm³/mol. The Hall–Kier alpha value is -3.31. The van der Waals surface area contributed by atoms with Gasteiger partial charge in [0.05, 0.1) is 19.3 Å². The van der Waals surface area contributed by atoms with E-state index < -0.39 is 12.0 Å². The van der Waals surface area contributed by atoms with Gasteiger partial charge in [0, 0.05) is 22.9 Å². The van der Waals surface area contributed by atoms with Gasteiger partial charge in [0.1, 0.15) is 6.10 Å². The molecule has 154 valence electrons. The second-order valence-electron chi connectivity index (χ2n) is 6.55.